The van der Waals surface area contributed by atoms with Crippen molar-refractivity contribution in [1.29, 1.82) is 0 Å². The summed E-state index contributed by atoms with van der Waals surface area (Å²) in [5.74, 6) is -1.56. The third kappa shape index (κ3) is 9.37. The lowest BCUT2D eigenvalue weighted by molar-refractivity contribution is -0.119. The molecule has 1 rings (SSSR count). The second-order valence-electron chi connectivity index (χ2n) is 5.67. The van der Waals surface area contributed by atoms with E-state index >= 15 is 0 Å². The molecule has 1 atom stereocenters. The van der Waals surface area contributed by atoms with Gasteiger partial charge in [-0.25, -0.2) is 8.78 Å². The molecule has 1 fully saturated rings. The Labute approximate surface area is 110 Å². The van der Waals surface area contributed by atoms with Crippen LogP contribution in [0, 0.1) is 11.8 Å². The van der Waals surface area contributed by atoms with Crippen molar-refractivity contribution in [3.63, 3.8) is 0 Å². The minimum atomic E-state index is -2.43. The lowest BCUT2D eigenvalue weighted by Crippen LogP contribution is -2.18. The minimum Gasteiger partial charge on any atom is -0.356 e. The van der Waals surface area contributed by atoms with E-state index < -0.39 is 5.92 Å². The zero-order chi connectivity index (χ0) is 14.2. The number of rotatable bonds is 5. The molecule has 1 unspecified atom stereocenters. The molecular formula is C14H27F2NO. The number of nitrogens with one attached hydrogen (secondary N) is 1. The fraction of sp³-hybridized carbons (Fsp3) is 0.929. The van der Waals surface area contributed by atoms with Gasteiger partial charge in [0.2, 0.25) is 11.8 Å². The number of hydrogen-bond acceptors (Lipinski definition) is 1. The summed E-state index contributed by atoms with van der Waals surface area (Å²) in [5.41, 5.74) is 0. The van der Waals surface area contributed by atoms with Crippen LogP contribution in [0.2, 0.25) is 0 Å². The fourth-order valence-corrected chi connectivity index (χ4v) is 1.88. The third-order valence-electron chi connectivity index (χ3n) is 2.78. The van der Waals surface area contributed by atoms with Crippen molar-refractivity contribution in [3.8, 4) is 0 Å². The van der Waals surface area contributed by atoms with Gasteiger partial charge in [0, 0.05) is 25.8 Å². The monoisotopic (exact) mass is 263 g/mol. The summed E-state index contributed by atoms with van der Waals surface area (Å²) >= 11 is 0. The first-order valence-electron chi connectivity index (χ1n) is 6.91. The Balaban J connectivity index is 0.000000351. The molecule has 0 radical (unpaired) electrons. The van der Waals surface area contributed by atoms with Gasteiger partial charge < -0.3 is 5.32 Å². The summed E-state index contributed by atoms with van der Waals surface area (Å²) in [7, 11) is 0. The molecule has 18 heavy (non-hydrogen) atoms. The lowest BCUT2D eigenvalue weighted by Gasteiger charge is -2.17. The first-order chi connectivity index (χ1) is 8.26. The van der Waals surface area contributed by atoms with Crippen molar-refractivity contribution in [2.24, 2.45) is 11.8 Å². The summed E-state index contributed by atoms with van der Waals surface area (Å²) in [4.78, 5) is 10.3. The van der Waals surface area contributed by atoms with Crippen LogP contribution in [0.15, 0.2) is 0 Å². The van der Waals surface area contributed by atoms with E-state index in [0.29, 0.717) is 12.3 Å². The third-order valence-corrected chi connectivity index (χ3v) is 2.78. The maximum absolute atomic E-state index is 12.9. The predicted molar refractivity (Wildman–Crippen MR) is 70.7 cm³/mol. The van der Waals surface area contributed by atoms with Crippen LogP contribution in [0.4, 0.5) is 8.78 Å². The highest BCUT2D eigenvalue weighted by molar-refractivity contribution is 5.78. The molecule has 0 aromatic carbocycles. The molecule has 1 saturated heterocycles. The quantitative estimate of drug-likeness (QED) is 0.798. The van der Waals surface area contributed by atoms with E-state index in [0.717, 1.165) is 19.4 Å². The van der Waals surface area contributed by atoms with Crippen molar-refractivity contribution in [2.45, 2.75) is 65.7 Å². The van der Waals surface area contributed by atoms with Crippen LogP contribution in [0.25, 0.3) is 0 Å². The standard InChI is InChI=1S/C9H18F2.C5H9NO/c1-4-5-6-9(10,11)7-8(2)3;1-4-2-5(7)6-3-4/h8H,4-7H2,1-3H3;4H,2-3H2,1H3,(H,6,7). The zero-order valence-electron chi connectivity index (χ0n) is 12.1. The van der Waals surface area contributed by atoms with E-state index in [-0.39, 0.29) is 24.7 Å². The Hall–Kier alpha value is -0.670. The average Bonchev–Trinajstić information content (AvgIpc) is 2.59. The molecule has 0 aromatic heterocycles. The molecule has 0 saturated carbocycles. The predicted octanol–water partition coefficient (Wildman–Crippen LogP) is 4.00. The van der Waals surface area contributed by atoms with Crippen molar-refractivity contribution >= 4 is 5.91 Å². The van der Waals surface area contributed by atoms with Crippen molar-refractivity contribution in [2.75, 3.05) is 6.54 Å². The number of hydrogen-bond donors (Lipinski definition) is 1. The Kier molecular flexibility index (Phi) is 8.12. The van der Waals surface area contributed by atoms with Gasteiger partial charge in [0.25, 0.3) is 0 Å². The first-order valence-corrected chi connectivity index (χ1v) is 6.91. The van der Waals surface area contributed by atoms with Crippen LogP contribution in [0.3, 0.4) is 0 Å². The van der Waals surface area contributed by atoms with Gasteiger partial charge in [-0.05, 0) is 18.3 Å². The van der Waals surface area contributed by atoms with Crippen LogP contribution in [0.5, 0.6) is 0 Å². The van der Waals surface area contributed by atoms with Crippen LogP contribution in [-0.2, 0) is 4.79 Å². The minimum absolute atomic E-state index is 0.0347. The summed E-state index contributed by atoms with van der Waals surface area (Å²) < 4.78 is 25.7. The van der Waals surface area contributed by atoms with Crippen molar-refractivity contribution in [1.82, 2.24) is 5.32 Å². The Morgan fingerprint density at radius 2 is 2.06 bits per heavy atom. The van der Waals surface area contributed by atoms with Crippen LogP contribution in [-0.4, -0.2) is 18.4 Å². The molecule has 0 spiro atoms. The molecule has 4 heteroatoms. The normalized spacial score (nSPS) is 19.5. The van der Waals surface area contributed by atoms with E-state index in [2.05, 4.69) is 12.2 Å². The van der Waals surface area contributed by atoms with Gasteiger partial charge in [-0.15, -0.1) is 0 Å². The highest BCUT2D eigenvalue weighted by Gasteiger charge is 2.28. The van der Waals surface area contributed by atoms with Gasteiger partial charge in [-0.2, -0.15) is 0 Å². The summed E-state index contributed by atoms with van der Waals surface area (Å²) in [6.07, 6.45) is 2.31. The number of amides is 1. The Morgan fingerprint density at radius 1 is 1.44 bits per heavy atom. The molecule has 108 valence electrons. The number of alkyl halides is 2. The van der Waals surface area contributed by atoms with Gasteiger partial charge in [0.1, 0.15) is 0 Å². The smallest absolute Gasteiger partial charge is 0.248 e. The van der Waals surface area contributed by atoms with Gasteiger partial charge >= 0.3 is 0 Å². The summed E-state index contributed by atoms with van der Waals surface area (Å²) in [5, 5.41) is 2.73. The SMILES string of the molecule is CC1CNC(=O)C1.CCCCC(F)(F)CC(C)C. The first kappa shape index (κ1) is 17.3. The van der Waals surface area contributed by atoms with E-state index in [1.807, 2.05) is 20.8 Å². The largest absolute Gasteiger partial charge is 0.356 e. The molecule has 1 N–H and O–H groups in total. The van der Waals surface area contributed by atoms with E-state index in [9.17, 15) is 13.6 Å². The maximum Gasteiger partial charge on any atom is 0.248 e. The van der Waals surface area contributed by atoms with Crippen LogP contribution < -0.4 is 5.32 Å². The van der Waals surface area contributed by atoms with Gasteiger partial charge in [-0.1, -0.05) is 34.1 Å². The molecule has 1 aliphatic heterocycles. The van der Waals surface area contributed by atoms with Crippen LogP contribution >= 0.6 is 0 Å². The summed E-state index contributed by atoms with van der Waals surface area (Å²) in [6.45, 7) is 8.54. The average molecular weight is 263 g/mol. The van der Waals surface area contributed by atoms with Crippen LogP contribution in [0.1, 0.15) is 59.8 Å². The molecule has 2 nitrogen and oxygen atoms in total. The molecule has 0 aromatic rings. The van der Waals surface area contributed by atoms with Crippen molar-refractivity contribution < 1.29 is 13.6 Å². The molecular weight excluding hydrogens is 236 g/mol. The second-order valence-corrected chi connectivity index (χ2v) is 5.67. The fourth-order valence-electron chi connectivity index (χ4n) is 1.88. The van der Waals surface area contributed by atoms with Gasteiger partial charge in [0.15, 0.2) is 0 Å². The molecule has 0 aliphatic carbocycles. The molecule has 1 heterocycles. The summed E-state index contributed by atoms with van der Waals surface area (Å²) in [6, 6.07) is 0. The van der Waals surface area contributed by atoms with E-state index in [1.165, 1.54) is 0 Å². The topological polar surface area (TPSA) is 29.1 Å². The van der Waals surface area contributed by atoms with E-state index in [1.54, 1.807) is 0 Å². The highest BCUT2D eigenvalue weighted by Crippen LogP contribution is 2.28. The Morgan fingerprint density at radius 3 is 2.33 bits per heavy atom. The molecule has 1 amide bonds. The molecule has 1 aliphatic rings. The number of carbonyl (C=O) groups is 1. The molecule has 0 bridgehead atoms. The number of carbonyl (C=O) groups excluding carboxylic acids is 1. The lowest BCUT2D eigenvalue weighted by atomic mass is 10.0. The van der Waals surface area contributed by atoms with Gasteiger partial charge in [0.05, 0.1) is 0 Å². The van der Waals surface area contributed by atoms with Gasteiger partial charge in [-0.3, -0.25) is 4.79 Å². The van der Waals surface area contributed by atoms with Crippen molar-refractivity contribution in [3.05, 3.63) is 0 Å². The highest BCUT2D eigenvalue weighted by atomic mass is 19.3. The second kappa shape index (κ2) is 8.44. The Bertz CT molecular complexity index is 242. The number of unbranched alkanes of at least 4 members (excludes halogenated alkanes) is 1. The maximum atomic E-state index is 12.9. The van der Waals surface area contributed by atoms with E-state index in [4.69, 9.17) is 0 Å². The number of halogens is 2. The zero-order valence-corrected chi connectivity index (χ0v) is 12.1.